The number of likely N-dealkylation sites (tertiary alicyclic amines) is 8. The maximum absolute atomic E-state index is 12.0. The molecule has 3 amide bonds. The van der Waals surface area contributed by atoms with Gasteiger partial charge in [0.05, 0.1) is 22.4 Å². The van der Waals surface area contributed by atoms with Crippen LogP contribution in [-0.4, -0.2) is 312 Å². The van der Waals surface area contributed by atoms with Crippen molar-refractivity contribution >= 4 is 17.7 Å². The maximum atomic E-state index is 12.0. The molecule has 9 rings (SSSR count). The van der Waals surface area contributed by atoms with Gasteiger partial charge in [-0.15, -0.1) is 0 Å². The quantitative estimate of drug-likeness (QED) is 0.137. The third-order valence-corrected chi connectivity index (χ3v) is 26.8. The predicted molar refractivity (Wildman–Crippen MR) is 534 cm³/mol. The first-order valence-electron chi connectivity index (χ1n) is 49.2. The molecule has 0 aromatic rings. The number of hydrogen-bond acceptors (Lipinski definition) is 15. The molecule has 1 atom stereocenters. The summed E-state index contributed by atoms with van der Waals surface area (Å²) in [7, 11) is 14.6. The fraction of sp³-hybridized carbons (Fsp3) is 0.971. The second-order valence-electron chi connectivity index (χ2n) is 51.8. The number of hydrogen-bond donors (Lipinski definition) is 4. The van der Waals surface area contributed by atoms with Crippen molar-refractivity contribution in [2.75, 3.05) is 174 Å². The third-order valence-electron chi connectivity index (χ3n) is 26.8. The number of carbonyl (C=O) groups is 3. The molecule has 8 saturated heterocycles. The van der Waals surface area contributed by atoms with Crippen LogP contribution in [0.4, 0.5) is 0 Å². The number of piperidine rings is 4. The van der Waals surface area contributed by atoms with Crippen LogP contribution in [0.1, 0.15) is 373 Å². The van der Waals surface area contributed by atoms with Gasteiger partial charge < -0.3 is 64.5 Å². The molecule has 0 aromatic heterocycles. The summed E-state index contributed by atoms with van der Waals surface area (Å²) in [6, 6.07) is 2.37. The van der Waals surface area contributed by atoms with E-state index in [1.165, 1.54) is 64.5 Å². The van der Waals surface area contributed by atoms with E-state index >= 15 is 0 Å². The molecule has 1 saturated carbocycles. The zero-order chi connectivity index (χ0) is 95.6. The third kappa shape index (κ3) is 50.4. The second-order valence-corrected chi connectivity index (χ2v) is 51.8. The molecule has 736 valence electrons. The van der Waals surface area contributed by atoms with Gasteiger partial charge in [-0.2, -0.15) is 0 Å². The highest BCUT2D eigenvalue weighted by molar-refractivity contribution is 5.82. The van der Waals surface area contributed by atoms with E-state index in [0.717, 1.165) is 181 Å². The smallest absolute Gasteiger partial charge is 0.228 e. The predicted octanol–water partition coefficient (Wildman–Crippen LogP) is 20.4. The molecule has 4 N–H and O–H groups in total. The van der Waals surface area contributed by atoms with Gasteiger partial charge in [-0.25, -0.2) is 0 Å². The van der Waals surface area contributed by atoms with Gasteiger partial charge in [0.1, 0.15) is 0 Å². The van der Waals surface area contributed by atoms with E-state index < -0.39 is 22.4 Å². The molecular weight excluding hydrogens is 1530 g/mol. The van der Waals surface area contributed by atoms with Crippen molar-refractivity contribution in [2.45, 2.75) is 419 Å². The van der Waals surface area contributed by atoms with Crippen LogP contribution in [0.5, 0.6) is 0 Å². The molecule has 8 aliphatic heterocycles. The number of nitrogens with zero attached hydrogens (tertiary/aromatic N) is 11. The van der Waals surface area contributed by atoms with Gasteiger partial charge in [-0.05, 0) is 236 Å². The Bertz CT molecular complexity index is 2830. The Morgan fingerprint density at radius 3 is 1.06 bits per heavy atom. The van der Waals surface area contributed by atoms with Crippen LogP contribution >= 0.6 is 0 Å². The summed E-state index contributed by atoms with van der Waals surface area (Å²) >= 11 is 0. The highest BCUT2D eigenvalue weighted by Crippen LogP contribution is 2.42. The maximum Gasteiger partial charge on any atom is 0.228 e. The van der Waals surface area contributed by atoms with Crippen LogP contribution in [0, 0.1) is 71.9 Å². The largest absolute Gasteiger partial charge is 0.389 e. The van der Waals surface area contributed by atoms with Crippen molar-refractivity contribution in [1.29, 1.82) is 0 Å². The van der Waals surface area contributed by atoms with Gasteiger partial charge in [0.25, 0.3) is 0 Å². The fourth-order valence-corrected chi connectivity index (χ4v) is 18.0. The van der Waals surface area contributed by atoms with Gasteiger partial charge in [0.2, 0.25) is 17.7 Å². The summed E-state index contributed by atoms with van der Waals surface area (Å²) in [5, 5.41) is 41.0. The second kappa shape index (κ2) is 51.8. The van der Waals surface area contributed by atoms with E-state index in [-0.39, 0.29) is 57.1 Å². The highest BCUT2D eigenvalue weighted by Gasteiger charge is 2.47. The van der Waals surface area contributed by atoms with E-state index in [4.69, 9.17) is 0 Å². The van der Waals surface area contributed by atoms with Gasteiger partial charge >= 0.3 is 0 Å². The normalized spacial score (nSPS) is 21.7. The van der Waals surface area contributed by atoms with Crippen molar-refractivity contribution in [3.8, 4) is 0 Å². The number of aliphatic hydroxyl groups is 4. The number of carbonyl (C=O) groups excluding carboxylic acids is 3. The van der Waals surface area contributed by atoms with Crippen LogP contribution < -0.4 is 0 Å². The summed E-state index contributed by atoms with van der Waals surface area (Å²) in [6.07, 6.45) is 20.1. The lowest BCUT2D eigenvalue weighted by Gasteiger charge is -2.51. The van der Waals surface area contributed by atoms with Crippen LogP contribution in [0.2, 0.25) is 0 Å². The topological polar surface area (TPSA) is 168 Å². The van der Waals surface area contributed by atoms with Gasteiger partial charge in [0, 0.05) is 152 Å². The molecule has 9 aliphatic rings. The van der Waals surface area contributed by atoms with E-state index in [2.05, 4.69) is 275 Å². The molecule has 1 unspecified atom stereocenters. The van der Waals surface area contributed by atoms with Crippen LogP contribution in [-0.2, 0) is 14.4 Å². The molecule has 18 nitrogen and oxygen atoms in total. The van der Waals surface area contributed by atoms with Crippen molar-refractivity contribution < 1.29 is 34.8 Å². The first kappa shape index (κ1) is 123. The SMILES string of the molecule is C.CC(C)(C)CCC1CC1.CC(C)N1CC(O)(CC(C)(C)C)C1.CC(C)N1CCC(O)(C(C)(C)C)CC1.CCCC(C)(C)C.CCN1CC(O)(CC(C)(C)C)C1.CCN1CCC(O)(C(C)(C)C)CC1.CN(C)C1CCN(C(=O)C(C)(C)C)C1.CN(C)C1CCN(C(=O)C(C)(C)C)CC1.CN1CC(CN(C)C(=O)C(C)(C)C)C1.CN1CCC(C(C)(C)C)CC1. The fourth-order valence-electron chi connectivity index (χ4n) is 18.0. The van der Waals surface area contributed by atoms with E-state index in [1.807, 2.05) is 84.1 Å². The molecule has 0 radical (unpaired) electrons. The van der Waals surface area contributed by atoms with E-state index in [0.29, 0.717) is 52.2 Å². The Hall–Kier alpha value is -2.07. The summed E-state index contributed by atoms with van der Waals surface area (Å²) < 4.78 is 0. The Balaban J connectivity index is 0. The van der Waals surface area contributed by atoms with Gasteiger partial charge in [-0.3, -0.25) is 24.2 Å². The summed E-state index contributed by atoms with van der Waals surface area (Å²) in [6.45, 7) is 99.1. The molecule has 8 heterocycles. The number of rotatable bonds is 13. The van der Waals surface area contributed by atoms with E-state index in [9.17, 15) is 34.8 Å². The first-order valence-corrected chi connectivity index (χ1v) is 49.2. The molecule has 123 heavy (non-hydrogen) atoms. The minimum atomic E-state index is -0.460. The Kier molecular flexibility index (Phi) is 51.8. The first-order chi connectivity index (χ1) is 54.8. The average Bonchev–Trinajstić information content (AvgIpc) is 1.01. The summed E-state index contributed by atoms with van der Waals surface area (Å²) in [5.74, 6) is 3.55. The number of amides is 3. The molecule has 0 aromatic carbocycles. The Morgan fingerprint density at radius 1 is 0.398 bits per heavy atom. The zero-order valence-electron chi connectivity index (χ0n) is 89.9. The summed E-state index contributed by atoms with van der Waals surface area (Å²) in [4.78, 5) is 60.3. The van der Waals surface area contributed by atoms with Crippen molar-refractivity contribution in [1.82, 2.24) is 53.9 Å². The van der Waals surface area contributed by atoms with Crippen molar-refractivity contribution in [3.63, 3.8) is 0 Å². The number of β-amino-alcohol motifs (C(OH)–C–C–N with tert-alkyl or cyclic N) is 2. The lowest BCUT2D eigenvalue weighted by molar-refractivity contribution is -0.141. The molecule has 0 spiro atoms. The molecule has 0 bridgehead atoms. The van der Waals surface area contributed by atoms with Gasteiger partial charge in [-0.1, -0.05) is 255 Å². The average molecular weight is 1750 g/mol. The summed E-state index contributed by atoms with van der Waals surface area (Å²) in [5.41, 5.74) is -0.266. The minimum absolute atomic E-state index is 0. The van der Waals surface area contributed by atoms with Crippen molar-refractivity contribution in [3.05, 3.63) is 0 Å². The van der Waals surface area contributed by atoms with E-state index in [1.54, 1.807) is 0 Å². The Labute approximate surface area is 767 Å². The Morgan fingerprint density at radius 2 is 0.764 bits per heavy atom. The van der Waals surface area contributed by atoms with Crippen LogP contribution in [0.15, 0.2) is 0 Å². The minimum Gasteiger partial charge on any atom is -0.389 e. The molecular formula is C105H219N11O7. The zero-order valence-corrected chi connectivity index (χ0v) is 89.9. The lowest BCUT2D eigenvalue weighted by Crippen LogP contribution is -2.64. The molecule has 9 fully saturated rings. The molecule has 1 aliphatic carbocycles. The lowest BCUT2D eigenvalue weighted by atomic mass is 9.71. The van der Waals surface area contributed by atoms with Gasteiger partial charge in [0.15, 0.2) is 0 Å². The standard InChI is InChI=1S/C12H24N2O.C12H25NO.2C11H22N2O.2C11H23NO.C10H21NO.C10H21N.C9H18.C7H16.CH4/c1-12(2,3)11(15)14-8-6-10(7-9-14)13(4)5;1-10(2)13-8-6-12(14,7-9-13)11(3,4)5;1-11(2,3)10(14)13(5)8-9-6-12(4)7-9;1-11(2,3)10(14)13-7-6-9(8-13)12(4)5;1-9(2)12-7-11(13,8-12)6-10(3,4)5;1-5-12-8-6-11(13,7-9-12)10(2,3)4;1-5-11-7-10(12,8-11)6-9(2,3)4;1-10(2,3)9-5-7-11(4)8-6-9;1-9(2,3)7-6-8-4-5-8;1-5-6-7(2,3)4;/h10H,6-9H2,1-5H3;10,14H,6-9H2,1-5H3;2*9H,6-8H2,1-5H3;9,13H,6-8H2,1-5H3;13H,5-9H2,1-4H3;12H,5-8H2,1-4H3;9H,5-8H2,1-4H3;8H,4-7H2,1-3H3;5-6H2,1-4H3;1H4. The number of likely N-dealkylation sites (N-methyl/N-ethyl adjacent to an activating group) is 2. The monoisotopic (exact) mass is 1750 g/mol. The van der Waals surface area contributed by atoms with Crippen molar-refractivity contribution in [2.24, 2.45) is 71.9 Å². The van der Waals surface area contributed by atoms with Crippen LogP contribution in [0.3, 0.4) is 0 Å². The van der Waals surface area contributed by atoms with Crippen LogP contribution in [0.25, 0.3) is 0 Å². The highest BCUT2D eigenvalue weighted by atomic mass is 16.3. The molecule has 18 heteroatoms.